The van der Waals surface area contributed by atoms with Crippen LogP contribution in [0, 0.1) is 0 Å². The first-order valence-corrected chi connectivity index (χ1v) is 14.1. The van der Waals surface area contributed by atoms with Crippen LogP contribution in [0.1, 0.15) is 102 Å². The molecule has 2 aromatic carbocycles. The van der Waals surface area contributed by atoms with Gasteiger partial charge in [0.25, 0.3) is 0 Å². The third kappa shape index (κ3) is 6.68. The minimum atomic E-state index is -0.0470. The predicted molar refractivity (Wildman–Crippen MR) is 148 cm³/mol. The van der Waals surface area contributed by atoms with Crippen LogP contribution in [-0.2, 0) is 6.42 Å². The SMILES string of the molecule is CCCCCCCCN1C=CN(CCCCC)C1(Cc1ccccc1)C(CC)c1ccccc1. The van der Waals surface area contributed by atoms with E-state index >= 15 is 0 Å². The molecule has 2 aromatic rings. The normalized spacial score (nSPS) is 18.6. The molecule has 34 heavy (non-hydrogen) atoms. The molecule has 2 heteroatoms. The van der Waals surface area contributed by atoms with Gasteiger partial charge in [-0.05, 0) is 30.4 Å². The largest absolute Gasteiger partial charge is 0.353 e. The second kappa shape index (κ2) is 14.2. The molecule has 0 N–H and O–H groups in total. The maximum atomic E-state index is 2.73. The van der Waals surface area contributed by atoms with Gasteiger partial charge in [-0.1, -0.05) is 126 Å². The summed E-state index contributed by atoms with van der Waals surface area (Å²) in [6.07, 6.45) is 18.9. The van der Waals surface area contributed by atoms with Crippen LogP contribution < -0.4 is 0 Å². The molecule has 0 aliphatic carbocycles. The van der Waals surface area contributed by atoms with Gasteiger partial charge in [0.15, 0.2) is 0 Å². The van der Waals surface area contributed by atoms with Gasteiger partial charge in [0.1, 0.15) is 5.66 Å². The lowest BCUT2D eigenvalue weighted by molar-refractivity contribution is -0.00373. The number of hydrogen-bond acceptors (Lipinski definition) is 2. The van der Waals surface area contributed by atoms with Crippen LogP contribution in [0.4, 0.5) is 0 Å². The average Bonchev–Trinajstić information content (AvgIpc) is 3.20. The van der Waals surface area contributed by atoms with E-state index in [9.17, 15) is 0 Å². The van der Waals surface area contributed by atoms with Gasteiger partial charge in [-0.3, -0.25) is 0 Å². The van der Waals surface area contributed by atoms with Crippen molar-refractivity contribution in [2.45, 2.75) is 103 Å². The Morgan fingerprint density at radius 1 is 0.618 bits per heavy atom. The van der Waals surface area contributed by atoms with Gasteiger partial charge in [-0.2, -0.15) is 0 Å². The summed E-state index contributed by atoms with van der Waals surface area (Å²) in [6, 6.07) is 22.5. The summed E-state index contributed by atoms with van der Waals surface area (Å²) in [5.74, 6) is 0.450. The van der Waals surface area contributed by atoms with Crippen molar-refractivity contribution in [1.29, 1.82) is 0 Å². The van der Waals surface area contributed by atoms with E-state index in [1.807, 2.05) is 0 Å². The molecule has 0 spiro atoms. The van der Waals surface area contributed by atoms with Crippen molar-refractivity contribution in [2.75, 3.05) is 13.1 Å². The monoisotopic (exact) mass is 460 g/mol. The van der Waals surface area contributed by atoms with Gasteiger partial charge in [-0.15, -0.1) is 0 Å². The predicted octanol–water partition coefficient (Wildman–Crippen LogP) is 8.76. The maximum Gasteiger partial charge on any atom is 0.123 e. The average molecular weight is 461 g/mol. The summed E-state index contributed by atoms with van der Waals surface area (Å²) < 4.78 is 0. The van der Waals surface area contributed by atoms with E-state index in [1.54, 1.807) is 0 Å². The van der Waals surface area contributed by atoms with Crippen LogP contribution in [0.2, 0.25) is 0 Å². The topological polar surface area (TPSA) is 6.48 Å². The Morgan fingerprint density at radius 3 is 1.71 bits per heavy atom. The Bertz CT molecular complexity index is 815. The van der Waals surface area contributed by atoms with Crippen molar-refractivity contribution in [3.8, 4) is 0 Å². The van der Waals surface area contributed by atoms with Crippen LogP contribution in [0.3, 0.4) is 0 Å². The Kier molecular flexibility index (Phi) is 11.1. The number of benzene rings is 2. The molecule has 0 amide bonds. The summed E-state index contributed by atoms with van der Waals surface area (Å²) in [5.41, 5.74) is 2.86. The Morgan fingerprint density at radius 2 is 1.12 bits per heavy atom. The molecule has 1 aliphatic rings. The Labute approximate surface area is 210 Å². The molecule has 2 unspecified atom stereocenters. The zero-order valence-corrected chi connectivity index (χ0v) is 22.1. The van der Waals surface area contributed by atoms with Crippen LogP contribution >= 0.6 is 0 Å². The van der Waals surface area contributed by atoms with Crippen molar-refractivity contribution >= 4 is 0 Å². The minimum Gasteiger partial charge on any atom is -0.353 e. The molecule has 1 heterocycles. The Balaban J connectivity index is 1.93. The third-order valence-corrected chi connectivity index (χ3v) is 7.65. The van der Waals surface area contributed by atoms with Crippen molar-refractivity contribution in [1.82, 2.24) is 9.80 Å². The molecular weight excluding hydrogens is 412 g/mol. The smallest absolute Gasteiger partial charge is 0.123 e. The zero-order chi connectivity index (χ0) is 24.1. The molecule has 2 nitrogen and oxygen atoms in total. The lowest BCUT2D eigenvalue weighted by Gasteiger charge is -2.51. The molecule has 0 bridgehead atoms. The third-order valence-electron chi connectivity index (χ3n) is 7.65. The summed E-state index contributed by atoms with van der Waals surface area (Å²) >= 11 is 0. The lowest BCUT2D eigenvalue weighted by Crippen LogP contribution is -2.59. The summed E-state index contributed by atoms with van der Waals surface area (Å²) in [4.78, 5) is 5.45. The molecule has 2 atom stereocenters. The maximum absolute atomic E-state index is 2.73. The van der Waals surface area contributed by atoms with Crippen molar-refractivity contribution in [3.05, 3.63) is 84.2 Å². The molecule has 0 aromatic heterocycles. The van der Waals surface area contributed by atoms with Crippen molar-refractivity contribution in [2.24, 2.45) is 0 Å². The van der Waals surface area contributed by atoms with Gasteiger partial charge < -0.3 is 9.80 Å². The van der Waals surface area contributed by atoms with Gasteiger partial charge in [0.2, 0.25) is 0 Å². The second-order valence-corrected chi connectivity index (χ2v) is 10.1. The van der Waals surface area contributed by atoms with Crippen molar-refractivity contribution < 1.29 is 0 Å². The van der Waals surface area contributed by atoms with Crippen LogP contribution in [0.5, 0.6) is 0 Å². The fraction of sp³-hybridized carbons (Fsp3) is 0.562. The van der Waals surface area contributed by atoms with E-state index in [1.165, 1.54) is 68.9 Å². The molecular formula is C32H48N2. The molecule has 0 saturated heterocycles. The van der Waals surface area contributed by atoms with Gasteiger partial charge >= 0.3 is 0 Å². The van der Waals surface area contributed by atoms with Crippen LogP contribution in [-0.4, -0.2) is 28.6 Å². The number of nitrogens with zero attached hydrogens (tertiary/aromatic N) is 2. The van der Waals surface area contributed by atoms with Crippen LogP contribution in [0.25, 0.3) is 0 Å². The quantitative estimate of drug-likeness (QED) is 0.231. The van der Waals surface area contributed by atoms with E-state index in [0.717, 1.165) is 25.9 Å². The molecule has 1 aliphatic heterocycles. The first-order valence-electron chi connectivity index (χ1n) is 14.1. The van der Waals surface area contributed by atoms with Gasteiger partial charge in [0.05, 0.1) is 0 Å². The molecule has 3 rings (SSSR count). The molecule has 0 saturated carbocycles. The van der Waals surface area contributed by atoms with E-state index in [2.05, 4.69) is 104 Å². The highest BCUT2D eigenvalue weighted by atomic mass is 15.4. The summed E-state index contributed by atoms with van der Waals surface area (Å²) in [5, 5.41) is 0. The first-order chi connectivity index (χ1) is 16.8. The first kappa shape index (κ1) is 26.4. The molecule has 186 valence electrons. The van der Waals surface area contributed by atoms with E-state index in [4.69, 9.17) is 0 Å². The van der Waals surface area contributed by atoms with Crippen molar-refractivity contribution in [3.63, 3.8) is 0 Å². The zero-order valence-electron chi connectivity index (χ0n) is 22.1. The minimum absolute atomic E-state index is 0.0470. The van der Waals surface area contributed by atoms with Gasteiger partial charge in [0, 0.05) is 37.8 Å². The number of rotatable bonds is 16. The second-order valence-electron chi connectivity index (χ2n) is 10.1. The van der Waals surface area contributed by atoms with Gasteiger partial charge in [-0.25, -0.2) is 0 Å². The highest BCUT2D eigenvalue weighted by Gasteiger charge is 2.49. The van der Waals surface area contributed by atoms with E-state index < -0.39 is 0 Å². The lowest BCUT2D eigenvalue weighted by atomic mass is 9.78. The van der Waals surface area contributed by atoms with E-state index in [0.29, 0.717) is 5.92 Å². The fourth-order valence-corrected chi connectivity index (χ4v) is 5.85. The number of unbranched alkanes of at least 4 members (excludes halogenated alkanes) is 7. The molecule has 0 radical (unpaired) electrons. The highest BCUT2D eigenvalue weighted by Crippen LogP contribution is 2.45. The number of hydrogen-bond donors (Lipinski definition) is 0. The summed E-state index contributed by atoms with van der Waals surface area (Å²) in [6.45, 7) is 9.27. The molecule has 0 fully saturated rings. The summed E-state index contributed by atoms with van der Waals surface area (Å²) in [7, 11) is 0. The Hall–Kier alpha value is -2.22. The highest BCUT2D eigenvalue weighted by molar-refractivity contribution is 5.30. The van der Waals surface area contributed by atoms with E-state index in [-0.39, 0.29) is 5.66 Å². The fourth-order valence-electron chi connectivity index (χ4n) is 5.85. The van der Waals surface area contributed by atoms with Crippen LogP contribution in [0.15, 0.2) is 73.1 Å². The standard InChI is InChI=1S/C32H48N2/c1-4-7-9-10-11-19-25-34-27-26-33(24-18-8-5-2)32(34,28-29-20-14-12-15-21-29)31(6-3)30-22-16-13-17-23-30/h12-17,20-23,26-27,31H,4-11,18-19,24-25,28H2,1-3H3.